The number of primary amides is 1. The van der Waals surface area contributed by atoms with Crippen LogP contribution in [0.4, 0.5) is 0 Å². The summed E-state index contributed by atoms with van der Waals surface area (Å²) in [6, 6.07) is 2.98. The van der Waals surface area contributed by atoms with E-state index in [9.17, 15) is 18.0 Å². The fourth-order valence-corrected chi connectivity index (χ4v) is 1.88. The molecule has 0 saturated carbocycles. The summed E-state index contributed by atoms with van der Waals surface area (Å²) < 4.78 is 26.9. The molecule has 3 N–H and O–H groups in total. The van der Waals surface area contributed by atoms with Crippen LogP contribution in [0.5, 0.6) is 5.75 Å². The van der Waals surface area contributed by atoms with Gasteiger partial charge in [-0.3, -0.25) is 4.79 Å². The molecular formula is C9H8ClNO6S. The lowest BCUT2D eigenvalue weighted by molar-refractivity contribution is -0.119. The highest BCUT2D eigenvalue weighted by Crippen LogP contribution is 2.24. The second kappa shape index (κ2) is 5.23. The van der Waals surface area contributed by atoms with Crippen LogP contribution in [0.15, 0.2) is 23.1 Å². The van der Waals surface area contributed by atoms with Gasteiger partial charge in [-0.25, -0.2) is 13.2 Å². The molecule has 98 valence electrons. The quantitative estimate of drug-likeness (QED) is 0.746. The second-order valence-corrected chi connectivity index (χ2v) is 5.72. The zero-order valence-corrected chi connectivity index (χ0v) is 10.4. The number of carboxylic acids is 1. The van der Waals surface area contributed by atoms with Gasteiger partial charge in [0.25, 0.3) is 15.0 Å². The Morgan fingerprint density at radius 3 is 2.44 bits per heavy atom. The topological polar surface area (TPSA) is 124 Å². The third-order valence-corrected chi connectivity index (χ3v) is 3.18. The average molecular weight is 294 g/mol. The maximum Gasteiger partial charge on any atom is 0.339 e. The van der Waals surface area contributed by atoms with Crippen molar-refractivity contribution in [3.63, 3.8) is 0 Å². The van der Waals surface area contributed by atoms with Gasteiger partial charge in [-0.05, 0) is 18.2 Å². The summed E-state index contributed by atoms with van der Waals surface area (Å²) in [6.45, 7) is -0.521. The molecular weight excluding hydrogens is 286 g/mol. The summed E-state index contributed by atoms with van der Waals surface area (Å²) in [5, 5.41) is 8.89. The Hall–Kier alpha value is -1.80. The molecule has 1 aromatic carbocycles. The molecule has 0 atom stereocenters. The highest BCUT2D eigenvalue weighted by Gasteiger charge is 2.18. The predicted molar refractivity (Wildman–Crippen MR) is 61.1 cm³/mol. The Balaban J connectivity index is 3.21. The Bertz CT molecular complexity index is 597. The van der Waals surface area contributed by atoms with Gasteiger partial charge in [0.15, 0.2) is 6.61 Å². The molecule has 7 nitrogen and oxygen atoms in total. The Labute approximate surface area is 107 Å². The lowest BCUT2D eigenvalue weighted by Crippen LogP contribution is -2.20. The van der Waals surface area contributed by atoms with E-state index in [0.717, 1.165) is 18.2 Å². The summed E-state index contributed by atoms with van der Waals surface area (Å²) in [5.41, 5.74) is 4.40. The van der Waals surface area contributed by atoms with Gasteiger partial charge >= 0.3 is 5.97 Å². The third kappa shape index (κ3) is 3.60. The van der Waals surface area contributed by atoms with Crippen LogP contribution in [0, 0.1) is 0 Å². The molecule has 18 heavy (non-hydrogen) atoms. The van der Waals surface area contributed by atoms with Gasteiger partial charge in [0.2, 0.25) is 0 Å². The van der Waals surface area contributed by atoms with Crippen LogP contribution in [0.3, 0.4) is 0 Å². The maximum atomic E-state index is 11.0. The monoisotopic (exact) mass is 293 g/mol. The van der Waals surface area contributed by atoms with Gasteiger partial charge in [-0.1, -0.05) is 0 Å². The van der Waals surface area contributed by atoms with Gasteiger partial charge in [-0.15, -0.1) is 0 Å². The van der Waals surface area contributed by atoms with Gasteiger partial charge < -0.3 is 15.6 Å². The zero-order chi connectivity index (χ0) is 13.9. The normalized spacial score (nSPS) is 10.9. The first kappa shape index (κ1) is 14.3. The molecule has 0 aliphatic heterocycles. The minimum absolute atomic E-state index is 0.176. The second-order valence-electron chi connectivity index (χ2n) is 3.16. The van der Waals surface area contributed by atoms with Crippen molar-refractivity contribution in [2.24, 2.45) is 5.73 Å². The largest absolute Gasteiger partial charge is 0.483 e. The lowest BCUT2D eigenvalue weighted by atomic mass is 10.2. The van der Waals surface area contributed by atoms with Crippen molar-refractivity contribution in [2.75, 3.05) is 6.61 Å². The minimum atomic E-state index is -4.05. The Morgan fingerprint density at radius 2 is 2.00 bits per heavy atom. The van der Waals surface area contributed by atoms with E-state index >= 15 is 0 Å². The van der Waals surface area contributed by atoms with Gasteiger partial charge in [0, 0.05) is 10.7 Å². The molecule has 0 radical (unpaired) electrons. The first-order chi connectivity index (χ1) is 8.21. The van der Waals surface area contributed by atoms with E-state index in [2.05, 4.69) is 0 Å². The highest BCUT2D eigenvalue weighted by atomic mass is 35.7. The van der Waals surface area contributed by atoms with Crippen molar-refractivity contribution in [2.45, 2.75) is 4.90 Å². The molecule has 1 aromatic rings. The number of halogens is 1. The summed E-state index contributed by atoms with van der Waals surface area (Å²) in [6.07, 6.45) is 0. The number of ether oxygens (including phenoxy) is 1. The summed E-state index contributed by atoms with van der Waals surface area (Å²) in [7, 11) is 1.03. The number of amides is 1. The molecule has 0 bridgehead atoms. The standard InChI is InChI=1S/C9H8ClNO6S/c10-18(15,16)5-1-2-7(17-4-8(11)12)6(3-5)9(13)14/h1-3H,4H2,(H2,11,12)(H,13,14). The minimum Gasteiger partial charge on any atom is -0.483 e. The van der Waals surface area contributed by atoms with E-state index in [1.54, 1.807) is 0 Å². The van der Waals surface area contributed by atoms with Gasteiger partial charge in [0.1, 0.15) is 11.3 Å². The van der Waals surface area contributed by atoms with Crippen molar-refractivity contribution in [1.82, 2.24) is 0 Å². The van der Waals surface area contributed by atoms with Crippen LogP contribution in [-0.2, 0) is 13.8 Å². The zero-order valence-electron chi connectivity index (χ0n) is 8.79. The Morgan fingerprint density at radius 1 is 1.39 bits per heavy atom. The van der Waals surface area contributed by atoms with Crippen LogP contribution >= 0.6 is 10.7 Å². The van der Waals surface area contributed by atoms with E-state index in [1.807, 2.05) is 0 Å². The molecule has 1 amide bonds. The average Bonchev–Trinajstić information content (AvgIpc) is 2.24. The van der Waals surface area contributed by atoms with E-state index in [4.69, 9.17) is 26.3 Å². The predicted octanol–water partition coefficient (Wildman–Crippen LogP) is 0.176. The number of hydrogen-bond acceptors (Lipinski definition) is 5. The molecule has 0 heterocycles. The third-order valence-electron chi connectivity index (χ3n) is 1.83. The molecule has 0 unspecified atom stereocenters. The van der Waals surface area contributed by atoms with Crippen LogP contribution in [0.2, 0.25) is 0 Å². The van der Waals surface area contributed by atoms with E-state index in [-0.39, 0.29) is 10.6 Å². The van der Waals surface area contributed by atoms with Crippen LogP contribution in [0.25, 0.3) is 0 Å². The van der Waals surface area contributed by atoms with Crippen LogP contribution in [-0.4, -0.2) is 32.0 Å². The Kier molecular flexibility index (Phi) is 4.15. The summed E-state index contributed by atoms with van der Waals surface area (Å²) in [4.78, 5) is 21.0. The summed E-state index contributed by atoms with van der Waals surface area (Å²) >= 11 is 0. The number of rotatable bonds is 5. The number of carbonyl (C=O) groups excluding carboxylic acids is 1. The number of benzene rings is 1. The van der Waals surface area contributed by atoms with Crippen LogP contribution in [0.1, 0.15) is 10.4 Å². The number of carboxylic acid groups (broad SMARTS) is 1. The molecule has 9 heteroatoms. The molecule has 0 aliphatic rings. The van der Waals surface area contributed by atoms with Crippen molar-refractivity contribution in [3.8, 4) is 5.75 Å². The molecule has 0 fully saturated rings. The lowest BCUT2D eigenvalue weighted by Gasteiger charge is -2.08. The molecule has 0 aliphatic carbocycles. The molecule has 0 spiro atoms. The highest BCUT2D eigenvalue weighted by molar-refractivity contribution is 8.13. The molecule has 0 aromatic heterocycles. The van der Waals surface area contributed by atoms with E-state index < -0.39 is 33.1 Å². The van der Waals surface area contributed by atoms with E-state index in [0.29, 0.717) is 0 Å². The number of hydrogen-bond donors (Lipinski definition) is 2. The smallest absolute Gasteiger partial charge is 0.339 e. The fraction of sp³-hybridized carbons (Fsp3) is 0.111. The fourth-order valence-electron chi connectivity index (χ4n) is 1.10. The number of nitrogens with two attached hydrogens (primary N) is 1. The van der Waals surface area contributed by atoms with E-state index in [1.165, 1.54) is 0 Å². The molecule has 1 rings (SSSR count). The number of carbonyl (C=O) groups is 2. The van der Waals surface area contributed by atoms with Crippen molar-refractivity contribution < 1.29 is 27.9 Å². The first-order valence-electron chi connectivity index (χ1n) is 4.45. The van der Waals surface area contributed by atoms with Gasteiger partial charge in [-0.2, -0.15) is 0 Å². The summed E-state index contributed by atoms with van der Waals surface area (Å²) in [5.74, 6) is -2.39. The van der Waals surface area contributed by atoms with Crippen molar-refractivity contribution in [3.05, 3.63) is 23.8 Å². The van der Waals surface area contributed by atoms with Crippen molar-refractivity contribution in [1.29, 1.82) is 0 Å². The number of aromatic carboxylic acids is 1. The first-order valence-corrected chi connectivity index (χ1v) is 6.76. The molecule has 0 saturated heterocycles. The van der Waals surface area contributed by atoms with Crippen LogP contribution < -0.4 is 10.5 Å². The van der Waals surface area contributed by atoms with Crippen molar-refractivity contribution >= 4 is 31.6 Å². The maximum absolute atomic E-state index is 11.0. The SMILES string of the molecule is NC(=O)COc1ccc(S(=O)(=O)Cl)cc1C(=O)O. The van der Waals surface area contributed by atoms with Gasteiger partial charge in [0.05, 0.1) is 4.90 Å².